The van der Waals surface area contributed by atoms with Crippen molar-refractivity contribution in [2.45, 2.75) is 6.61 Å². The van der Waals surface area contributed by atoms with Crippen molar-refractivity contribution in [3.05, 3.63) is 82.2 Å². The third-order valence-corrected chi connectivity index (χ3v) is 4.27. The van der Waals surface area contributed by atoms with Crippen molar-refractivity contribution in [3.8, 4) is 17.2 Å². The lowest BCUT2D eigenvalue weighted by molar-refractivity contribution is 0.104. The van der Waals surface area contributed by atoms with Gasteiger partial charge >= 0.3 is 0 Å². The third kappa shape index (κ3) is 5.01. The predicted octanol–water partition coefficient (Wildman–Crippen LogP) is 5.23. The minimum atomic E-state index is -0.225. The highest BCUT2D eigenvalue weighted by Gasteiger charge is 2.08. The summed E-state index contributed by atoms with van der Waals surface area (Å²) in [6.07, 6.45) is 2.99. The summed E-state index contributed by atoms with van der Waals surface area (Å²) in [5, 5.41) is 9.59. The van der Waals surface area contributed by atoms with Gasteiger partial charge < -0.3 is 19.0 Å². The maximum atomic E-state index is 12.2. The molecule has 3 aromatic rings. The Morgan fingerprint density at radius 2 is 1.93 bits per heavy atom. The first-order chi connectivity index (χ1) is 13.0. The van der Waals surface area contributed by atoms with Gasteiger partial charge in [0.05, 0.1) is 7.11 Å². The van der Waals surface area contributed by atoms with E-state index in [4.69, 9.17) is 13.9 Å². The number of carbonyl (C=O) groups is 1. The van der Waals surface area contributed by atoms with Crippen LogP contribution in [-0.2, 0) is 6.61 Å². The first kappa shape index (κ1) is 18.8. The molecule has 0 amide bonds. The van der Waals surface area contributed by atoms with Crippen molar-refractivity contribution in [3.63, 3.8) is 0 Å². The number of halogens is 1. The Labute approximate surface area is 165 Å². The number of benzene rings is 2. The van der Waals surface area contributed by atoms with E-state index >= 15 is 0 Å². The molecular formula is C21H17BrO5. The number of furan rings is 1. The number of ketones is 1. The van der Waals surface area contributed by atoms with Gasteiger partial charge in [0.1, 0.15) is 23.9 Å². The van der Waals surface area contributed by atoms with E-state index in [0.29, 0.717) is 23.7 Å². The maximum Gasteiger partial charge on any atom is 0.186 e. The Hall–Kier alpha value is -2.99. The summed E-state index contributed by atoms with van der Waals surface area (Å²) in [5.74, 6) is 1.94. The van der Waals surface area contributed by atoms with E-state index in [0.717, 1.165) is 10.2 Å². The molecule has 1 N–H and O–H groups in total. The van der Waals surface area contributed by atoms with Crippen molar-refractivity contribution >= 4 is 27.8 Å². The highest BCUT2D eigenvalue weighted by Crippen LogP contribution is 2.26. The van der Waals surface area contributed by atoms with E-state index in [9.17, 15) is 9.90 Å². The van der Waals surface area contributed by atoms with Gasteiger partial charge in [-0.3, -0.25) is 4.79 Å². The molecule has 0 radical (unpaired) electrons. The number of phenols is 1. The Bertz CT molecular complexity index is 957. The van der Waals surface area contributed by atoms with Crippen LogP contribution >= 0.6 is 15.9 Å². The molecule has 0 spiro atoms. The number of ether oxygens (including phenoxy) is 2. The van der Waals surface area contributed by atoms with Gasteiger partial charge in [-0.25, -0.2) is 0 Å². The highest BCUT2D eigenvalue weighted by atomic mass is 79.9. The number of phenolic OH excluding ortho intramolecular Hbond substituents is 1. The van der Waals surface area contributed by atoms with Gasteiger partial charge in [-0.15, -0.1) is 0 Å². The fraction of sp³-hybridized carbons (Fsp3) is 0.0952. The van der Waals surface area contributed by atoms with E-state index in [1.54, 1.807) is 18.2 Å². The molecule has 27 heavy (non-hydrogen) atoms. The van der Waals surface area contributed by atoms with Crippen LogP contribution in [0.3, 0.4) is 0 Å². The number of rotatable bonds is 7. The van der Waals surface area contributed by atoms with Crippen LogP contribution in [0.15, 0.2) is 69.6 Å². The van der Waals surface area contributed by atoms with Gasteiger partial charge in [-0.05, 0) is 66.7 Å². The summed E-state index contributed by atoms with van der Waals surface area (Å²) in [4.78, 5) is 12.2. The molecule has 6 heteroatoms. The lowest BCUT2D eigenvalue weighted by Crippen LogP contribution is -1.95. The second-order valence-corrected chi connectivity index (χ2v) is 6.55. The van der Waals surface area contributed by atoms with Crippen molar-refractivity contribution in [2.75, 3.05) is 7.11 Å². The summed E-state index contributed by atoms with van der Waals surface area (Å²) in [6.45, 7) is 0.290. The van der Waals surface area contributed by atoms with E-state index in [-0.39, 0.29) is 17.3 Å². The first-order valence-electron chi connectivity index (χ1n) is 8.11. The zero-order valence-corrected chi connectivity index (χ0v) is 16.1. The predicted molar refractivity (Wildman–Crippen MR) is 105 cm³/mol. The monoisotopic (exact) mass is 428 g/mol. The minimum absolute atomic E-state index is 0.0144. The molecule has 3 rings (SSSR count). The molecule has 0 saturated carbocycles. The fourth-order valence-corrected chi connectivity index (χ4v) is 2.60. The standard InChI is InChI=1S/C21H17BrO5/c1-25-21-12-14(2-10-20(21)24)19(23)11-9-17-7-8-18(27-17)13-26-16-5-3-15(22)4-6-16/h2-12,24H,13H2,1H3/b11-9+. The van der Waals surface area contributed by atoms with Gasteiger partial charge in [-0.1, -0.05) is 15.9 Å². The lowest BCUT2D eigenvalue weighted by atomic mass is 10.1. The molecule has 5 nitrogen and oxygen atoms in total. The van der Waals surface area contributed by atoms with Gasteiger partial charge in [0.2, 0.25) is 0 Å². The van der Waals surface area contributed by atoms with Gasteiger partial charge in [0.15, 0.2) is 17.3 Å². The molecule has 0 aliphatic heterocycles. The molecule has 1 aromatic heterocycles. The van der Waals surface area contributed by atoms with Crippen molar-refractivity contribution in [1.29, 1.82) is 0 Å². The SMILES string of the molecule is COc1cc(C(=O)/C=C/c2ccc(COc3ccc(Br)cc3)o2)ccc1O. The quantitative estimate of drug-likeness (QED) is 0.412. The van der Waals surface area contributed by atoms with Crippen LogP contribution in [0.5, 0.6) is 17.2 Å². The zero-order valence-electron chi connectivity index (χ0n) is 14.5. The lowest BCUT2D eigenvalue weighted by Gasteiger charge is -2.04. The third-order valence-electron chi connectivity index (χ3n) is 3.74. The zero-order chi connectivity index (χ0) is 19.2. The maximum absolute atomic E-state index is 12.2. The number of methoxy groups -OCH3 is 1. The Kier molecular flexibility index (Phi) is 5.98. The molecular weight excluding hydrogens is 412 g/mol. The molecule has 0 aliphatic carbocycles. The average Bonchev–Trinajstić information content (AvgIpc) is 3.14. The van der Waals surface area contributed by atoms with E-state index < -0.39 is 0 Å². The van der Waals surface area contributed by atoms with Crippen LogP contribution in [0.2, 0.25) is 0 Å². The average molecular weight is 429 g/mol. The Morgan fingerprint density at radius 3 is 2.67 bits per heavy atom. The summed E-state index contributed by atoms with van der Waals surface area (Å²) in [7, 11) is 1.43. The van der Waals surface area contributed by atoms with Crippen LogP contribution < -0.4 is 9.47 Å². The Morgan fingerprint density at radius 1 is 1.15 bits per heavy atom. The number of hydrogen-bond acceptors (Lipinski definition) is 5. The summed E-state index contributed by atoms with van der Waals surface area (Å²) in [6, 6.07) is 15.5. The molecule has 0 atom stereocenters. The molecule has 138 valence electrons. The smallest absolute Gasteiger partial charge is 0.186 e. The number of hydrogen-bond donors (Lipinski definition) is 1. The van der Waals surface area contributed by atoms with E-state index in [1.165, 1.54) is 31.4 Å². The largest absolute Gasteiger partial charge is 0.504 e. The second-order valence-electron chi connectivity index (χ2n) is 5.63. The number of allylic oxidation sites excluding steroid dienone is 1. The molecule has 0 aliphatic rings. The fourth-order valence-electron chi connectivity index (χ4n) is 2.33. The topological polar surface area (TPSA) is 68.9 Å². The van der Waals surface area contributed by atoms with Gasteiger partial charge in [0, 0.05) is 10.0 Å². The van der Waals surface area contributed by atoms with Crippen LogP contribution in [0, 0.1) is 0 Å². The summed E-state index contributed by atoms with van der Waals surface area (Å²) < 4.78 is 17.3. The van der Waals surface area contributed by atoms with E-state index in [1.807, 2.05) is 24.3 Å². The molecule has 0 bridgehead atoms. The van der Waals surface area contributed by atoms with Gasteiger partial charge in [0.25, 0.3) is 0 Å². The molecule has 0 unspecified atom stereocenters. The van der Waals surface area contributed by atoms with Crippen LogP contribution in [0.1, 0.15) is 21.9 Å². The highest BCUT2D eigenvalue weighted by molar-refractivity contribution is 9.10. The van der Waals surface area contributed by atoms with Crippen molar-refractivity contribution < 1.29 is 23.8 Å². The first-order valence-corrected chi connectivity index (χ1v) is 8.91. The van der Waals surface area contributed by atoms with Crippen molar-refractivity contribution in [2.24, 2.45) is 0 Å². The molecule has 1 heterocycles. The van der Waals surface area contributed by atoms with Crippen LogP contribution in [0.4, 0.5) is 0 Å². The summed E-state index contributed by atoms with van der Waals surface area (Å²) >= 11 is 3.37. The number of carbonyl (C=O) groups excluding carboxylic acids is 1. The summed E-state index contributed by atoms with van der Waals surface area (Å²) in [5.41, 5.74) is 0.409. The van der Waals surface area contributed by atoms with E-state index in [2.05, 4.69) is 15.9 Å². The normalized spacial score (nSPS) is 10.9. The second kappa shape index (κ2) is 8.60. The Balaban J connectivity index is 1.61. The molecule has 2 aromatic carbocycles. The van der Waals surface area contributed by atoms with Crippen LogP contribution in [-0.4, -0.2) is 18.0 Å². The minimum Gasteiger partial charge on any atom is -0.504 e. The molecule has 0 saturated heterocycles. The number of aromatic hydroxyl groups is 1. The molecule has 0 fully saturated rings. The van der Waals surface area contributed by atoms with Gasteiger partial charge in [-0.2, -0.15) is 0 Å². The van der Waals surface area contributed by atoms with Crippen molar-refractivity contribution in [1.82, 2.24) is 0 Å². The van der Waals surface area contributed by atoms with Crippen LogP contribution in [0.25, 0.3) is 6.08 Å².